The van der Waals surface area contributed by atoms with E-state index in [4.69, 9.17) is 18.9 Å². The normalized spacial score (nSPS) is 24.7. The molecule has 0 aromatic carbocycles. The lowest BCUT2D eigenvalue weighted by Gasteiger charge is -2.22. The number of hydrogen-bond acceptors (Lipinski definition) is 10. The number of rotatable bonds is 6. The standard InChI is InChI=1S/C14H17N3O9/c1-6(18)23-5-10-12(24-7(2)19)13(25-8(3)20)11(26-10)9-4-15-14(16-9)17(21)22/h4,10-13H,5H2,1-3H3,(H,15,16)/t10-,11+,12-,13+/m1/s1. The molecule has 2 heterocycles. The van der Waals surface area contributed by atoms with E-state index in [0.717, 1.165) is 20.0 Å². The highest BCUT2D eigenvalue weighted by molar-refractivity contribution is 5.68. The van der Waals surface area contributed by atoms with Gasteiger partial charge in [0.15, 0.2) is 18.3 Å². The van der Waals surface area contributed by atoms with Crippen LogP contribution in [0, 0.1) is 10.1 Å². The van der Waals surface area contributed by atoms with Crippen LogP contribution in [-0.2, 0) is 33.3 Å². The molecule has 2 rings (SSSR count). The van der Waals surface area contributed by atoms with Crippen LogP contribution >= 0.6 is 0 Å². The van der Waals surface area contributed by atoms with Gasteiger partial charge in [-0.25, -0.2) is 4.98 Å². The summed E-state index contributed by atoms with van der Waals surface area (Å²) in [6.07, 6.45) is -3.03. The summed E-state index contributed by atoms with van der Waals surface area (Å²) in [4.78, 5) is 50.0. The number of H-pyrrole nitrogens is 1. The van der Waals surface area contributed by atoms with Gasteiger partial charge in [-0.15, -0.1) is 0 Å². The molecule has 1 aromatic rings. The molecule has 0 aliphatic carbocycles. The predicted octanol–water partition coefficient (Wildman–Crippen LogP) is 0.184. The molecule has 1 aromatic heterocycles. The number of esters is 3. The molecule has 0 saturated carbocycles. The summed E-state index contributed by atoms with van der Waals surface area (Å²) in [6.45, 7) is 3.23. The van der Waals surface area contributed by atoms with Gasteiger partial charge in [0, 0.05) is 20.8 Å². The van der Waals surface area contributed by atoms with Gasteiger partial charge in [-0.1, -0.05) is 4.98 Å². The Morgan fingerprint density at radius 1 is 1.19 bits per heavy atom. The Balaban J connectivity index is 2.33. The number of aromatic nitrogens is 2. The molecule has 0 radical (unpaired) electrons. The van der Waals surface area contributed by atoms with Crippen molar-refractivity contribution in [1.82, 2.24) is 9.97 Å². The van der Waals surface area contributed by atoms with Gasteiger partial charge in [-0.05, 0) is 4.92 Å². The van der Waals surface area contributed by atoms with E-state index in [1.165, 1.54) is 6.92 Å². The third kappa shape index (κ3) is 4.53. The smallest absolute Gasteiger partial charge is 0.432 e. The molecule has 1 N–H and O–H groups in total. The lowest BCUT2D eigenvalue weighted by molar-refractivity contribution is -0.393. The number of nitro groups is 1. The summed E-state index contributed by atoms with van der Waals surface area (Å²) in [5.41, 5.74) is 0.144. The van der Waals surface area contributed by atoms with Crippen molar-refractivity contribution in [3.05, 3.63) is 22.0 Å². The van der Waals surface area contributed by atoms with E-state index in [1.807, 2.05) is 0 Å². The molecule has 26 heavy (non-hydrogen) atoms. The SMILES string of the molecule is CC(=O)OC[C@H]1O[C@@H](c2cnc([N+](=O)[O-])[nH]2)[C@H](OC(C)=O)[C@@H]1OC(C)=O. The number of carbonyl (C=O) groups is 3. The summed E-state index contributed by atoms with van der Waals surface area (Å²) in [7, 11) is 0. The maximum absolute atomic E-state index is 11.5. The lowest BCUT2D eigenvalue weighted by Crippen LogP contribution is -2.40. The summed E-state index contributed by atoms with van der Waals surface area (Å²) in [5.74, 6) is -2.46. The fourth-order valence-electron chi connectivity index (χ4n) is 2.53. The first-order valence-electron chi connectivity index (χ1n) is 7.51. The second-order valence-corrected chi connectivity index (χ2v) is 5.47. The van der Waals surface area contributed by atoms with Gasteiger partial charge >= 0.3 is 23.9 Å². The minimum absolute atomic E-state index is 0.144. The van der Waals surface area contributed by atoms with Crippen molar-refractivity contribution in [1.29, 1.82) is 0 Å². The second kappa shape index (κ2) is 7.91. The van der Waals surface area contributed by atoms with E-state index >= 15 is 0 Å². The van der Waals surface area contributed by atoms with Crippen molar-refractivity contribution in [2.75, 3.05) is 6.61 Å². The largest absolute Gasteiger partial charge is 0.463 e. The molecule has 1 aliphatic rings. The number of hydrogen-bond donors (Lipinski definition) is 1. The van der Waals surface area contributed by atoms with Crippen LogP contribution in [0.2, 0.25) is 0 Å². The molecule has 0 unspecified atom stereocenters. The Bertz CT molecular complexity index is 716. The first kappa shape index (κ1) is 19.3. The molecular weight excluding hydrogens is 354 g/mol. The third-order valence-electron chi connectivity index (χ3n) is 3.43. The first-order chi connectivity index (χ1) is 12.2. The molecule has 1 saturated heterocycles. The van der Waals surface area contributed by atoms with Crippen molar-refractivity contribution < 1.29 is 38.3 Å². The van der Waals surface area contributed by atoms with Crippen LogP contribution in [0.25, 0.3) is 0 Å². The zero-order valence-corrected chi connectivity index (χ0v) is 14.2. The fraction of sp³-hybridized carbons (Fsp3) is 0.571. The molecule has 12 heteroatoms. The van der Waals surface area contributed by atoms with Gasteiger partial charge in [-0.2, -0.15) is 0 Å². The average Bonchev–Trinajstić information content (AvgIpc) is 3.11. The Morgan fingerprint density at radius 2 is 1.81 bits per heavy atom. The molecular formula is C14H17N3O9. The highest BCUT2D eigenvalue weighted by Crippen LogP contribution is 2.37. The number of aromatic amines is 1. The van der Waals surface area contributed by atoms with E-state index in [-0.39, 0.29) is 12.3 Å². The quantitative estimate of drug-likeness (QED) is 0.316. The van der Waals surface area contributed by atoms with E-state index in [1.54, 1.807) is 0 Å². The molecule has 4 atom stereocenters. The van der Waals surface area contributed by atoms with Crippen molar-refractivity contribution in [3.63, 3.8) is 0 Å². The van der Waals surface area contributed by atoms with Crippen molar-refractivity contribution in [2.24, 2.45) is 0 Å². The van der Waals surface area contributed by atoms with Crippen LogP contribution in [0.3, 0.4) is 0 Å². The zero-order valence-electron chi connectivity index (χ0n) is 14.2. The van der Waals surface area contributed by atoms with Crippen LogP contribution in [0.4, 0.5) is 5.95 Å². The maximum Gasteiger partial charge on any atom is 0.432 e. The van der Waals surface area contributed by atoms with Gasteiger partial charge < -0.3 is 29.1 Å². The summed E-state index contributed by atoms with van der Waals surface area (Å²) >= 11 is 0. The van der Waals surface area contributed by atoms with Crippen LogP contribution in [-0.4, -0.2) is 57.7 Å². The Kier molecular flexibility index (Phi) is 5.87. The van der Waals surface area contributed by atoms with E-state index in [2.05, 4.69) is 9.97 Å². The van der Waals surface area contributed by atoms with E-state index in [9.17, 15) is 24.5 Å². The highest BCUT2D eigenvalue weighted by atomic mass is 16.7. The Labute approximate surface area is 146 Å². The summed E-state index contributed by atoms with van der Waals surface area (Å²) < 4.78 is 21.0. The van der Waals surface area contributed by atoms with Crippen LogP contribution in [0.15, 0.2) is 6.20 Å². The lowest BCUT2D eigenvalue weighted by atomic mass is 10.1. The molecule has 1 aliphatic heterocycles. The van der Waals surface area contributed by atoms with Gasteiger partial charge in [0.25, 0.3) is 0 Å². The fourth-order valence-corrected chi connectivity index (χ4v) is 2.53. The molecule has 0 spiro atoms. The summed E-state index contributed by atoms with van der Waals surface area (Å²) in [5, 5.41) is 10.8. The van der Waals surface area contributed by atoms with E-state index < -0.39 is 53.2 Å². The Hall–Kier alpha value is -3.02. The summed E-state index contributed by atoms with van der Waals surface area (Å²) in [6, 6.07) is 0. The molecule has 0 amide bonds. The molecule has 142 valence electrons. The first-order valence-corrected chi connectivity index (χ1v) is 7.51. The maximum atomic E-state index is 11.5. The number of nitrogens with zero attached hydrogens (tertiary/aromatic N) is 2. The predicted molar refractivity (Wildman–Crippen MR) is 80.6 cm³/mol. The number of nitrogens with one attached hydrogen (secondary N) is 1. The topological polar surface area (TPSA) is 160 Å². The van der Waals surface area contributed by atoms with E-state index in [0.29, 0.717) is 0 Å². The zero-order chi connectivity index (χ0) is 19.4. The Morgan fingerprint density at radius 3 is 2.31 bits per heavy atom. The van der Waals surface area contributed by atoms with Crippen molar-refractivity contribution in [3.8, 4) is 0 Å². The molecule has 12 nitrogen and oxygen atoms in total. The van der Waals surface area contributed by atoms with Crippen LogP contribution < -0.4 is 0 Å². The van der Waals surface area contributed by atoms with Gasteiger partial charge in [0.2, 0.25) is 0 Å². The molecule has 0 bridgehead atoms. The van der Waals surface area contributed by atoms with Gasteiger partial charge in [0.05, 0.1) is 0 Å². The average molecular weight is 371 g/mol. The third-order valence-corrected chi connectivity index (χ3v) is 3.43. The highest BCUT2D eigenvalue weighted by Gasteiger charge is 2.51. The minimum atomic E-state index is -1.11. The second-order valence-electron chi connectivity index (χ2n) is 5.47. The van der Waals surface area contributed by atoms with Crippen LogP contribution in [0.5, 0.6) is 0 Å². The van der Waals surface area contributed by atoms with Gasteiger partial charge in [0.1, 0.15) is 24.6 Å². The van der Waals surface area contributed by atoms with Crippen molar-refractivity contribution >= 4 is 23.9 Å². The number of ether oxygens (including phenoxy) is 4. The van der Waals surface area contributed by atoms with Crippen molar-refractivity contribution in [2.45, 2.75) is 45.2 Å². The number of carbonyl (C=O) groups excluding carboxylic acids is 3. The van der Waals surface area contributed by atoms with Gasteiger partial charge in [-0.3, -0.25) is 14.4 Å². The minimum Gasteiger partial charge on any atom is -0.463 e. The van der Waals surface area contributed by atoms with Crippen LogP contribution in [0.1, 0.15) is 32.6 Å². The number of imidazole rings is 1. The molecule has 1 fully saturated rings. The monoisotopic (exact) mass is 371 g/mol.